The zero-order valence-electron chi connectivity index (χ0n) is 16.5. The lowest BCUT2D eigenvalue weighted by Crippen LogP contribution is -2.21. The van der Waals surface area contributed by atoms with Crippen molar-refractivity contribution < 1.29 is 28.5 Å². The molecule has 0 aliphatic heterocycles. The van der Waals surface area contributed by atoms with E-state index in [9.17, 15) is 9.59 Å². The summed E-state index contributed by atoms with van der Waals surface area (Å²) in [5.74, 6) is 0.680. The Bertz CT molecular complexity index is 808. The molecule has 0 radical (unpaired) electrons. The largest absolute Gasteiger partial charge is 0.493 e. The number of carbonyl (C=O) groups excluding carboxylic acids is 2. The van der Waals surface area contributed by atoms with Crippen molar-refractivity contribution in [3.05, 3.63) is 47.5 Å². The lowest BCUT2D eigenvalue weighted by Gasteiger charge is -2.14. The Hall–Kier alpha value is -3.22. The predicted octanol–water partition coefficient (Wildman–Crippen LogP) is 3.14. The molecule has 28 heavy (non-hydrogen) atoms. The standard InChI is InChI=1S/C21H25NO6/c1-14-7-5-6-8-16(14)22-19(23)13-28-20(24)10-9-15-11-17(25-2)21(27-4)18(12-15)26-3/h5-8,11-12H,9-10,13H2,1-4H3,(H,22,23). The zero-order valence-corrected chi connectivity index (χ0v) is 16.5. The highest BCUT2D eigenvalue weighted by Gasteiger charge is 2.15. The van der Waals surface area contributed by atoms with Gasteiger partial charge in [-0.1, -0.05) is 18.2 Å². The Kier molecular flexibility index (Phi) is 7.68. The van der Waals surface area contributed by atoms with E-state index in [1.807, 2.05) is 25.1 Å². The van der Waals surface area contributed by atoms with Crippen LogP contribution in [-0.2, 0) is 20.7 Å². The van der Waals surface area contributed by atoms with Crippen molar-refractivity contribution in [2.24, 2.45) is 0 Å². The first-order valence-electron chi connectivity index (χ1n) is 8.78. The summed E-state index contributed by atoms with van der Waals surface area (Å²) in [6, 6.07) is 10.9. The number of amides is 1. The number of aryl methyl sites for hydroxylation is 2. The molecule has 0 heterocycles. The van der Waals surface area contributed by atoms with Crippen LogP contribution in [0, 0.1) is 6.92 Å². The minimum Gasteiger partial charge on any atom is -0.493 e. The van der Waals surface area contributed by atoms with Crippen LogP contribution < -0.4 is 19.5 Å². The van der Waals surface area contributed by atoms with E-state index in [1.165, 1.54) is 21.3 Å². The Labute approximate surface area is 164 Å². The van der Waals surface area contributed by atoms with Crippen molar-refractivity contribution in [1.29, 1.82) is 0 Å². The van der Waals surface area contributed by atoms with E-state index in [4.69, 9.17) is 18.9 Å². The number of anilines is 1. The summed E-state index contributed by atoms with van der Waals surface area (Å²) in [5, 5.41) is 2.72. The van der Waals surface area contributed by atoms with Crippen molar-refractivity contribution in [3.8, 4) is 17.2 Å². The summed E-state index contributed by atoms with van der Waals surface area (Å²) < 4.78 is 20.9. The van der Waals surface area contributed by atoms with E-state index in [1.54, 1.807) is 18.2 Å². The molecule has 0 fully saturated rings. The van der Waals surface area contributed by atoms with Crippen LogP contribution >= 0.6 is 0 Å². The first-order valence-corrected chi connectivity index (χ1v) is 8.78. The van der Waals surface area contributed by atoms with E-state index in [-0.39, 0.29) is 18.9 Å². The molecule has 1 amide bonds. The molecule has 0 atom stereocenters. The van der Waals surface area contributed by atoms with E-state index in [2.05, 4.69) is 5.32 Å². The number of esters is 1. The normalized spacial score (nSPS) is 10.1. The second kappa shape index (κ2) is 10.2. The van der Waals surface area contributed by atoms with Crippen LogP contribution in [0.2, 0.25) is 0 Å². The Morgan fingerprint density at radius 3 is 2.18 bits per heavy atom. The van der Waals surface area contributed by atoms with Crippen LogP contribution in [0.15, 0.2) is 36.4 Å². The van der Waals surface area contributed by atoms with Gasteiger partial charge in [-0.25, -0.2) is 0 Å². The molecule has 7 nitrogen and oxygen atoms in total. The molecule has 7 heteroatoms. The molecule has 0 aliphatic rings. The predicted molar refractivity (Wildman–Crippen MR) is 105 cm³/mol. The van der Waals surface area contributed by atoms with Crippen LogP contribution in [0.5, 0.6) is 17.2 Å². The smallest absolute Gasteiger partial charge is 0.306 e. The summed E-state index contributed by atoms with van der Waals surface area (Å²) in [6.07, 6.45) is 0.533. The van der Waals surface area contributed by atoms with Crippen molar-refractivity contribution in [2.45, 2.75) is 19.8 Å². The van der Waals surface area contributed by atoms with Crippen molar-refractivity contribution in [2.75, 3.05) is 33.3 Å². The fraction of sp³-hybridized carbons (Fsp3) is 0.333. The topological polar surface area (TPSA) is 83.1 Å². The number of para-hydroxylation sites is 1. The molecule has 0 bridgehead atoms. The summed E-state index contributed by atoms with van der Waals surface area (Å²) in [5.41, 5.74) is 2.46. The van der Waals surface area contributed by atoms with Crippen LogP contribution in [0.3, 0.4) is 0 Å². The lowest BCUT2D eigenvalue weighted by atomic mass is 10.1. The summed E-state index contributed by atoms with van der Waals surface area (Å²) in [6.45, 7) is 1.56. The van der Waals surface area contributed by atoms with Gasteiger partial charge in [-0.2, -0.15) is 0 Å². The molecular weight excluding hydrogens is 362 g/mol. The molecule has 1 N–H and O–H groups in total. The monoisotopic (exact) mass is 387 g/mol. The van der Waals surface area contributed by atoms with Gasteiger partial charge in [-0.3, -0.25) is 9.59 Å². The maximum Gasteiger partial charge on any atom is 0.306 e. The average Bonchev–Trinajstić information content (AvgIpc) is 2.71. The van der Waals surface area contributed by atoms with Gasteiger partial charge >= 0.3 is 5.97 Å². The average molecular weight is 387 g/mol. The number of benzene rings is 2. The molecule has 150 valence electrons. The Morgan fingerprint density at radius 2 is 1.61 bits per heavy atom. The first-order chi connectivity index (χ1) is 13.5. The molecule has 0 saturated heterocycles. The second-order valence-corrected chi connectivity index (χ2v) is 6.06. The lowest BCUT2D eigenvalue weighted by molar-refractivity contribution is -0.147. The second-order valence-electron chi connectivity index (χ2n) is 6.06. The SMILES string of the molecule is COc1cc(CCC(=O)OCC(=O)Nc2ccccc2C)cc(OC)c1OC. The van der Waals surface area contributed by atoms with Gasteiger partial charge in [-0.15, -0.1) is 0 Å². The Morgan fingerprint density at radius 1 is 0.964 bits per heavy atom. The number of methoxy groups -OCH3 is 3. The van der Waals surface area contributed by atoms with E-state index < -0.39 is 5.97 Å². The fourth-order valence-corrected chi connectivity index (χ4v) is 2.64. The molecule has 0 saturated carbocycles. The van der Waals surface area contributed by atoms with Crippen molar-refractivity contribution in [3.63, 3.8) is 0 Å². The number of ether oxygens (including phenoxy) is 4. The summed E-state index contributed by atoms with van der Waals surface area (Å²) >= 11 is 0. The van der Waals surface area contributed by atoms with Gasteiger partial charge in [0.05, 0.1) is 21.3 Å². The zero-order chi connectivity index (χ0) is 20.5. The van der Waals surface area contributed by atoms with Gasteiger partial charge in [0.15, 0.2) is 18.1 Å². The maximum atomic E-state index is 12.0. The molecule has 2 rings (SSSR count). The number of hydrogen-bond donors (Lipinski definition) is 1. The number of rotatable bonds is 9. The first kappa shape index (κ1) is 21.1. The molecular formula is C21H25NO6. The van der Waals surface area contributed by atoms with Gasteiger partial charge in [-0.05, 0) is 42.7 Å². The van der Waals surface area contributed by atoms with Gasteiger partial charge in [0, 0.05) is 12.1 Å². The van der Waals surface area contributed by atoms with Crippen LogP contribution in [0.4, 0.5) is 5.69 Å². The molecule has 0 aliphatic carbocycles. The molecule has 0 aromatic heterocycles. The maximum absolute atomic E-state index is 12.0. The molecule has 0 spiro atoms. The summed E-state index contributed by atoms with van der Waals surface area (Å²) in [7, 11) is 4.59. The third-order valence-electron chi connectivity index (χ3n) is 4.13. The number of hydrogen-bond acceptors (Lipinski definition) is 6. The van der Waals surface area contributed by atoms with Crippen LogP contribution in [-0.4, -0.2) is 39.8 Å². The molecule has 2 aromatic carbocycles. The highest BCUT2D eigenvalue weighted by molar-refractivity contribution is 5.93. The number of carbonyl (C=O) groups is 2. The minimum absolute atomic E-state index is 0.121. The highest BCUT2D eigenvalue weighted by Crippen LogP contribution is 2.38. The van der Waals surface area contributed by atoms with Gasteiger partial charge in [0.25, 0.3) is 5.91 Å². The van der Waals surface area contributed by atoms with Gasteiger partial charge < -0.3 is 24.3 Å². The van der Waals surface area contributed by atoms with Crippen molar-refractivity contribution in [1.82, 2.24) is 0 Å². The third kappa shape index (κ3) is 5.64. The third-order valence-corrected chi connectivity index (χ3v) is 4.13. The molecule has 0 unspecified atom stereocenters. The van der Waals surface area contributed by atoms with Gasteiger partial charge in [0.2, 0.25) is 5.75 Å². The summed E-state index contributed by atoms with van der Waals surface area (Å²) in [4.78, 5) is 23.9. The van der Waals surface area contributed by atoms with Crippen molar-refractivity contribution >= 4 is 17.6 Å². The van der Waals surface area contributed by atoms with E-state index in [0.29, 0.717) is 29.4 Å². The quantitative estimate of drug-likeness (QED) is 0.666. The van der Waals surface area contributed by atoms with E-state index >= 15 is 0 Å². The number of nitrogens with one attached hydrogen (secondary N) is 1. The minimum atomic E-state index is -0.464. The van der Waals surface area contributed by atoms with E-state index in [0.717, 1.165) is 11.1 Å². The Balaban J connectivity index is 1.87. The highest BCUT2D eigenvalue weighted by atomic mass is 16.5. The van der Waals surface area contributed by atoms with Crippen LogP contribution in [0.25, 0.3) is 0 Å². The van der Waals surface area contributed by atoms with Gasteiger partial charge in [0.1, 0.15) is 0 Å². The fourth-order valence-electron chi connectivity index (χ4n) is 2.64. The van der Waals surface area contributed by atoms with Crippen LogP contribution in [0.1, 0.15) is 17.5 Å². The molecule has 2 aromatic rings.